The van der Waals surface area contributed by atoms with E-state index in [1.165, 1.54) is 12.1 Å². The number of nitrogens with zero attached hydrogens (tertiary/aromatic N) is 5. The second-order valence-corrected chi connectivity index (χ2v) is 8.71. The van der Waals surface area contributed by atoms with Gasteiger partial charge in [-0.15, -0.1) is 5.10 Å². The van der Waals surface area contributed by atoms with Crippen LogP contribution in [0.15, 0.2) is 54.7 Å². The minimum atomic E-state index is -0.274. The molecule has 1 unspecified atom stereocenters. The zero-order chi connectivity index (χ0) is 22.9. The molecule has 0 amide bonds. The Labute approximate surface area is 192 Å². The number of benzene rings is 1. The highest BCUT2D eigenvalue weighted by molar-refractivity contribution is 5.82. The maximum atomic E-state index is 13.6. The Morgan fingerprint density at radius 3 is 2.67 bits per heavy atom. The summed E-state index contributed by atoms with van der Waals surface area (Å²) in [6.07, 6.45) is 1.77. The van der Waals surface area contributed by atoms with Gasteiger partial charge in [-0.25, -0.2) is 18.9 Å². The Morgan fingerprint density at radius 2 is 1.91 bits per heavy atom. The van der Waals surface area contributed by atoms with Gasteiger partial charge < -0.3 is 15.5 Å². The molecule has 0 spiro atoms. The van der Waals surface area contributed by atoms with Crippen LogP contribution in [0.25, 0.3) is 28.2 Å². The van der Waals surface area contributed by atoms with Crippen LogP contribution in [0.3, 0.4) is 0 Å². The van der Waals surface area contributed by atoms with E-state index in [0.717, 1.165) is 59.4 Å². The zero-order valence-electron chi connectivity index (χ0n) is 19.1. The Morgan fingerprint density at radius 1 is 1.09 bits per heavy atom. The zero-order valence-corrected chi connectivity index (χ0v) is 19.1. The predicted molar refractivity (Wildman–Crippen MR) is 130 cm³/mol. The minimum absolute atomic E-state index is 0.274. The molecule has 7 nitrogen and oxygen atoms in total. The van der Waals surface area contributed by atoms with Crippen molar-refractivity contribution in [3.63, 3.8) is 0 Å². The van der Waals surface area contributed by atoms with Crippen LogP contribution in [0.2, 0.25) is 0 Å². The van der Waals surface area contributed by atoms with E-state index in [1.807, 2.05) is 35.8 Å². The number of piperazine rings is 1. The molecule has 1 saturated heterocycles. The van der Waals surface area contributed by atoms with Crippen LogP contribution < -0.4 is 15.5 Å². The lowest BCUT2D eigenvalue weighted by molar-refractivity contribution is 0.367. The number of aromatic nitrogens is 4. The van der Waals surface area contributed by atoms with Crippen LogP contribution in [0, 0.1) is 11.7 Å². The van der Waals surface area contributed by atoms with E-state index in [0.29, 0.717) is 12.0 Å². The van der Waals surface area contributed by atoms with E-state index in [1.54, 1.807) is 18.3 Å². The summed E-state index contributed by atoms with van der Waals surface area (Å²) < 4.78 is 15.5. The first-order chi connectivity index (χ1) is 16.0. The fourth-order valence-electron chi connectivity index (χ4n) is 4.31. The second kappa shape index (κ2) is 8.78. The maximum Gasteiger partial charge on any atom is 0.155 e. The van der Waals surface area contributed by atoms with Gasteiger partial charge in [-0.2, -0.15) is 0 Å². The van der Waals surface area contributed by atoms with Gasteiger partial charge in [0.2, 0.25) is 0 Å². The predicted octanol–water partition coefficient (Wildman–Crippen LogP) is 4.07. The Bertz CT molecular complexity index is 1270. The Hall–Kier alpha value is -3.52. The Balaban J connectivity index is 1.66. The number of pyridine rings is 1. The average Bonchev–Trinajstić information content (AvgIpc) is 3.23. The molecule has 0 saturated carbocycles. The molecule has 1 fully saturated rings. The topological polar surface area (TPSA) is 70.4 Å². The van der Waals surface area contributed by atoms with Crippen LogP contribution in [0.4, 0.5) is 16.0 Å². The molecule has 4 aromatic rings. The summed E-state index contributed by atoms with van der Waals surface area (Å²) >= 11 is 0. The molecule has 1 aromatic carbocycles. The second-order valence-electron chi connectivity index (χ2n) is 8.71. The summed E-state index contributed by atoms with van der Waals surface area (Å²) in [5.41, 5.74) is 4.13. The summed E-state index contributed by atoms with van der Waals surface area (Å²) in [6, 6.07) is 14.8. The molecule has 8 heteroatoms. The average molecular weight is 446 g/mol. The number of hydrogen-bond donors (Lipinski definition) is 2. The van der Waals surface area contributed by atoms with Gasteiger partial charge in [0.15, 0.2) is 5.65 Å². The van der Waals surface area contributed by atoms with Crippen molar-refractivity contribution < 1.29 is 4.39 Å². The van der Waals surface area contributed by atoms with Crippen LogP contribution in [0.5, 0.6) is 0 Å². The SMILES string of the molecule is CNc1cc(-c2c(-c3ccc(F)cc3)nc3ccc(N4CCNC(C(C)C)C4)nn23)ccn1. The summed E-state index contributed by atoms with van der Waals surface area (Å²) in [5.74, 6) is 1.94. The number of fused-ring (bicyclic) bond motifs is 1. The smallest absolute Gasteiger partial charge is 0.155 e. The first kappa shape index (κ1) is 21.3. The van der Waals surface area contributed by atoms with Crippen LogP contribution in [-0.2, 0) is 0 Å². The molecule has 0 bridgehead atoms. The van der Waals surface area contributed by atoms with Crippen molar-refractivity contribution in [1.29, 1.82) is 0 Å². The van der Waals surface area contributed by atoms with Crippen LogP contribution >= 0.6 is 0 Å². The molecule has 0 radical (unpaired) electrons. The molecular formula is C25H28FN7. The fourth-order valence-corrected chi connectivity index (χ4v) is 4.31. The quantitative estimate of drug-likeness (QED) is 0.483. The van der Waals surface area contributed by atoms with E-state index >= 15 is 0 Å². The number of nitrogens with one attached hydrogen (secondary N) is 2. The molecule has 1 aliphatic rings. The summed E-state index contributed by atoms with van der Waals surface area (Å²) in [4.78, 5) is 11.6. The Kier molecular flexibility index (Phi) is 5.68. The number of rotatable bonds is 5. The van der Waals surface area contributed by atoms with E-state index < -0.39 is 0 Å². The van der Waals surface area contributed by atoms with Crippen molar-refractivity contribution in [1.82, 2.24) is 24.9 Å². The van der Waals surface area contributed by atoms with Gasteiger partial charge in [0.25, 0.3) is 0 Å². The van der Waals surface area contributed by atoms with Gasteiger partial charge in [0.05, 0.1) is 5.69 Å². The van der Waals surface area contributed by atoms with Crippen molar-refractivity contribution in [2.75, 3.05) is 36.9 Å². The molecule has 1 aliphatic heterocycles. The summed E-state index contributed by atoms with van der Waals surface area (Å²) in [6.45, 7) is 7.21. The third-order valence-electron chi connectivity index (χ3n) is 6.20. The normalized spacial score (nSPS) is 16.5. The first-order valence-corrected chi connectivity index (χ1v) is 11.3. The highest BCUT2D eigenvalue weighted by atomic mass is 19.1. The van der Waals surface area contributed by atoms with Gasteiger partial charge in [0, 0.05) is 50.0 Å². The minimum Gasteiger partial charge on any atom is -0.373 e. The standard InChI is InChI=1S/C25H28FN7/c1-16(2)20-15-32(13-12-28-20)23-9-8-22-30-24(17-4-6-19(26)7-5-17)25(33(22)31-23)18-10-11-29-21(14-18)27-3/h4-11,14,16,20,28H,12-13,15H2,1-3H3,(H,27,29). The van der Waals surface area contributed by atoms with Gasteiger partial charge in [0.1, 0.15) is 23.1 Å². The van der Waals surface area contributed by atoms with E-state index in [2.05, 4.69) is 34.4 Å². The van der Waals surface area contributed by atoms with Gasteiger partial charge in [-0.1, -0.05) is 13.8 Å². The van der Waals surface area contributed by atoms with Gasteiger partial charge >= 0.3 is 0 Å². The van der Waals surface area contributed by atoms with Crippen molar-refractivity contribution in [3.05, 3.63) is 60.5 Å². The van der Waals surface area contributed by atoms with E-state index in [4.69, 9.17) is 10.1 Å². The first-order valence-electron chi connectivity index (χ1n) is 11.3. The molecule has 1 atom stereocenters. The van der Waals surface area contributed by atoms with Crippen molar-refractivity contribution >= 4 is 17.3 Å². The molecule has 3 aromatic heterocycles. The third kappa shape index (κ3) is 4.14. The largest absolute Gasteiger partial charge is 0.373 e. The van der Waals surface area contributed by atoms with Crippen LogP contribution in [0.1, 0.15) is 13.8 Å². The molecule has 5 rings (SSSR count). The number of imidazole rings is 1. The van der Waals surface area contributed by atoms with Crippen molar-refractivity contribution in [2.24, 2.45) is 5.92 Å². The molecule has 4 heterocycles. The van der Waals surface area contributed by atoms with Gasteiger partial charge in [-0.3, -0.25) is 0 Å². The number of hydrogen-bond acceptors (Lipinski definition) is 6. The van der Waals surface area contributed by atoms with E-state index in [9.17, 15) is 4.39 Å². The lowest BCUT2D eigenvalue weighted by Gasteiger charge is -2.36. The molecule has 0 aliphatic carbocycles. The van der Waals surface area contributed by atoms with Gasteiger partial charge in [-0.05, 0) is 54.4 Å². The summed E-state index contributed by atoms with van der Waals surface area (Å²) in [7, 11) is 1.84. The molecular weight excluding hydrogens is 417 g/mol. The third-order valence-corrected chi connectivity index (χ3v) is 6.20. The highest BCUT2D eigenvalue weighted by Gasteiger charge is 2.24. The fraction of sp³-hybridized carbons (Fsp3) is 0.320. The molecule has 2 N–H and O–H groups in total. The monoisotopic (exact) mass is 445 g/mol. The molecule has 170 valence electrons. The van der Waals surface area contributed by atoms with Crippen molar-refractivity contribution in [3.8, 4) is 22.5 Å². The number of anilines is 2. The number of halogens is 1. The van der Waals surface area contributed by atoms with E-state index in [-0.39, 0.29) is 5.82 Å². The lowest BCUT2D eigenvalue weighted by Crippen LogP contribution is -2.53. The summed E-state index contributed by atoms with van der Waals surface area (Å²) in [5, 5.41) is 11.7. The molecule has 33 heavy (non-hydrogen) atoms. The van der Waals surface area contributed by atoms with Crippen molar-refractivity contribution in [2.45, 2.75) is 19.9 Å². The highest BCUT2D eigenvalue weighted by Crippen LogP contribution is 2.33. The van der Waals surface area contributed by atoms with Crippen LogP contribution in [-0.4, -0.2) is 52.3 Å². The lowest BCUT2D eigenvalue weighted by atomic mass is 10.0. The maximum absolute atomic E-state index is 13.6.